The molecule has 21 heavy (non-hydrogen) atoms. The van der Waals surface area contributed by atoms with Crippen LogP contribution < -0.4 is 20.9 Å². The van der Waals surface area contributed by atoms with Crippen molar-refractivity contribution in [3.63, 3.8) is 0 Å². The van der Waals surface area contributed by atoms with E-state index in [1.54, 1.807) is 0 Å². The number of carbonyl (C=O) groups is 1. The largest absolute Gasteiger partial charge is 0.352 e. The number of nitrogens with zero attached hydrogens (tertiary/aromatic N) is 5. The van der Waals surface area contributed by atoms with Gasteiger partial charge in [0.2, 0.25) is 0 Å². The van der Waals surface area contributed by atoms with Gasteiger partial charge < -0.3 is 5.32 Å². The first-order valence-corrected chi connectivity index (χ1v) is 7.17. The van der Waals surface area contributed by atoms with Gasteiger partial charge in [-0.3, -0.25) is 4.79 Å². The first-order chi connectivity index (χ1) is 9.79. The quantitative estimate of drug-likeness (QED) is 0.478. The van der Waals surface area contributed by atoms with Crippen LogP contribution in [-0.2, 0) is 17.3 Å². The van der Waals surface area contributed by atoms with E-state index < -0.39 is 21.8 Å². The third-order valence-corrected chi connectivity index (χ3v) is 3.03. The fourth-order valence-electron chi connectivity index (χ4n) is 1.49. The smallest absolute Gasteiger partial charge is 0.349 e. The molecule has 0 aromatic carbocycles. The predicted octanol–water partition coefficient (Wildman–Crippen LogP) is -3.65. The van der Waals surface area contributed by atoms with Crippen LogP contribution in [0.15, 0.2) is 11.1 Å². The van der Waals surface area contributed by atoms with E-state index >= 15 is 0 Å². The first kappa shape index (κ1) is 15.0. The van der Waals surface area contributed by atoms with Crippen LogP contribution >= 0.6 is 0 Å². The number of nitrogens with two attached hydrogens (primary N) is 1. The molecule has 2 heterocycles. The third-order valence-electron chi connectivity index (χ3n) is 2.43. The minimum Gasteiger partial charge on any atom is -0.349 e. The summed E-state index contributed by atoms with van der Waals surface area (Å²) < 4.78 is 25.3. The van der Waals surface area contributed by atoms with E-state index in [0.29, 0.717) is 0 Å². The monoisotopic (exact) mass is 316 g/mol. The molecule has 13 heteroatoms. The van der Waals surface area contributed by atoms with E-state index in [4.69, 9.17) is 5.14 Å². The zero-order valence-corrected chi connectivity index (χ0v) is 11.7. The predicted molar refractivity (Wildman–Crippen MR) is 69.5 cm³/mol. The number of rotatable bonds is 5. The van der Waals surface area contributed by atoms with E-state index in [2.05, 4.69) is 20.6 Å². The Morgan fingerprint density at radius 3 is 2.81 bits per heavy atom. The second-order valence-corrected chi connectivity index (χ2v) is 5.36. The van der Waals surface area contributed by atoms with Gasteiger partial charge >= 0.3 is 5.69 Å². The molecule has 114 valence electrons. The average Bonchev–Trinajstić information content (AvgIpc) is 2.82. The number of aromatic nitrogens is 5. The lowest BCUT2D eigenvalue weighted by molar-refractivity contribution is 0.0951. The number of imidazole rings is 1. The van der Waals surface area contributed by atoms with Crippen molar-refractivity contribution < 1.29 is 13.2 Å². The summed E-state index contributed by atoms with van der Waals surface area (Å²) >= 11 is 0. The summed E-state index contributed by atoms with van der Waals surface area (Å²) in [4.78, 5) is 27.4. The SMILES string of the molecule is Cn1nnc2c(C(=O)NCCNS(N)(=O)=O)ncn2c1=O. The maximum atomic E-state index is 11.9. The maximum absolute atomic E-state index is 11.9. The number of hydrogen-bond donors (Lipinski definition) is 3. The highest BCUT2D eigenvalue weighted by molar-refractivity contribution is 7.87. The maximum Gasteiger partial charge on any atom is 0.352 e. The van der Waals surface area contributed by atoms with Crippen LogP contribution in [0, 0.1) is 0 Å². The average molecular weight is 316 g/mol. The summed E-state index contributed by atoms with van der Waals surface area (Å²) in [5.74, 6) is -0.615. The Morgan fingerprint density at radius 2 is 2.14 bits per heavy atom. The van der Waals surface area contributed by atoms with Crippen LogP contribution in [0.3, 0.4) is 0 Å². The van der Waals surface area contributed by atoms with Gasteiger partial charge in [-0.2, -0.15) is 13.1 Å². The minimum absolute atomic E-state index is 0.00739. The van der Waals surface area contributed by atoms with Crippen molar-refractivity contribution in [1.29, 1.82) is 0 Å². The number of amides is 1. The van der Waals surface area contributed by atoms with Gasteiger partial charge in [0.15, 0.2) is 11.3 Å². The van der Waals surface area contributed by atoms with E-state index in [1.165, 1.54) is 7.05 Å². The van der Waals surface area contributed by atoms with Crippen LogP contribution in [-0.4, -0.2) is 51.8 Å². The summed E-state index contributed by atoms with van der Waals surface area (Å²) in [7, 11) is -2.40. The Hall–Kier alpha value is -2.38. The van der Waals surface area contributed by atoms with Crippen molar-refractivity contribution in [1.82, 2.24) is 34.4 Å². The first-order valence-electron chi connectivity index (χ1n) is 5.62. The molecule has 0 unspecified atom stereocenters. The molecule has 12 nitrogen and oxygen atoms in total. The molecule has 2 aromatic heterocycles. The van der Waals surface area contributed by atoms with Gasteiger partial charge in [0.25, 0.3) is 16.1 Å². The topological polar surface area (TPSA) is 166 Å². The summed E-state index contributed by atoms with van der Waals surface area (Å²) in [6.45, 7) is -0.0869. The highest BCUT2D eigenvalue weighted by Crippen LogP contribution is 2.01. The number of aryl methyl sites for hydroxylation is 1. The van der Waals surface area contributed by atoms with E-state index in [1.807, 2.05) is 4.72 Å². The zero-order valence-electron chi connectivity index (χ0n) is 10.8. The third kappa shape index (κ3) is 3.39. The molecule has 1 amide bonds. The van der Waals surface area contributed by atoms with Crippen molar-refractivity contribution >= 4 is 21.8 Å². The molecule has 0 aliphatic rings. The fraction of sp³-hybridized carbons (Fsp3) is 0.375. The van der Waals surface area contributed by atoms with Gasteiger partial charge in [-0.05, 0) is 0 Å². The van der Waals surface area contributed by atoms with Crippen LogP contribution in [0.2, 0.25) is 0 Å². The van der Waals surface area contributed by atoms with Crippen LogP contribution in [0.25, 0.3) is 5.65 Å². The molecule has 0 saturated heterocycles. The summed E-state index contributed by atoms with van der Waals surface area (Å²) in [5.41, 5.74) is -0.576. The second kappa shape index (κ2) is 5.55. The molecule has 2 aromatic rings. The van der Waals surface area contributed by atoms with E-state index in [9.17, 15) is 18.0 Å². The molecular weight excluding hydrogens is 304 g/mol. The molecule has 0 saturated carbocycles. The van der Waals surface area contributed by atoms with Crippen molar-refractivity contribution in [2.75, 3.05) is 13.1 Å². The molecule has 4 N–H and O–H groups in total. The molecule has 2 rings (SSSR count). The number of fused-ring (bicyclic) bond motifs is 1. The van der Waals surface area contributed by atoms with Crippen molar-refractivity contribution in [2.45, 2.75) is 0 Å². The molecule has 0 spiro atoms. The summed E-state index contributed by atoms with van der Waals surface area (Å²) in [6, 6.07) is 0. The molecule has 0 fully saturated rings. The Labute approximate surface area is 118 Å². The van der Waals surface area contributed by atoms with Gasteiger partial charge in [-0.15, -0.1) is 5.10 Å². The zero-order chi connectivity index (χ0) is 15.6. The van der Waals surface area contributed by atoms with Crippen LogP contribution in [0.4, 0.5) is 0 Å². The molecule has 0 atom stereocenters. The Kier molecular flexibility index (Phi) is 3.97. The highest BCUT2D eigenvalue weighted by Gasteiger charge is 2.16. The van der Waals surface area contributed by atoms with Crippen LogP contribution in [0.5, 0.6) is 0 Å². The van der Waals surface area contributed by atoms with Gasteiger partial charge in [-0.25, -0.2) is 24.0 Å². The minimum atomic E-state index is -3.81. The van der Waals surface area contributed by atoms with Gasteiger partial charge in [-0.1, -0.05) is 5.21 Å². The number of carbonyl (C=O) groups excluding carboxylic acids is 1. The molecule has 0 aliphatic carbocycles. The summed E-state index contributed by atoms with van der Waals surface area (Å²) in [5, 5.41) is 14.4. The normalized spacial score (nSPS) is 11.7. The lowest BCUT2D eigenvalue weighted by Gasteiger charge is -2.03. The van der Waals surface area contributed by atoms with Crippen molar-refractivity contribution in [3.8, 4) is 0 Å². The van der Waals surface area contributed by atoms with E-state index in [0.717, 1.165) is 15.4 Å². The summed E-state index contributed by atoms with van der Waals surface area (Å²) in [6.07, 6.45) is 1.16. The van der Waals surface area contributed by atoms with Gasteiger partial charge in [0.1, 0.15) is 6.33 Å². The Bertz CT molecular complexity index is 838. The second-order valence-electron chi connectivity index (χ2n) is 3.98. The lowest BCUT2D eigenvalue weighted by Crippen LogP contribution is -2.38. The Morgan fingerprint density at radius 1 is 1.43 bits per heavy atom. The lowest BCUT2D eigenvalue weighted by atomic mass is 10.4. The van der Waals surface area contributed by atoms with E-state index in [-0.39, 0.29) is 24.4 Å². The molecular formula is C8H12N8O4S. The number of hydrogen-bond acceptors (Lipinski definition) is 7. The van der Waals surface area contributed by atoms with Crippen molar-refractivity contribution in [3.05, 3.63) is 22.5 Å². The molecule has 0 aliphatic heterocycles. The van der Waals surface area contributed by atoms with Gasteiger partial charge in [0, 0.05) is 20.1 Å². The fourth-order valence-corrected chi connectivity index (χ4v) is 1.88. The molecule has 0 radical (unpaired) electrons. The highest BCUT2D eigenvalue weighted by atomic mass is 32.2. The van der Waals surface area contributed by atoms with Crippen molar-refractivity contribution in [2.24, 2.45) is 12.2 Å². The van der Waals surface area contributed by atoms with Crippen LogP contribution in [0.1, 0.15) is 10.5 Å². The van der Waals surface area contributed by atoms with Gasteiger partial charge in [0.05, 0.1) is 0 Å². The Balaban J connectivity index is 2.10. The molecule has 0 bridgehead atoms. The standard InChI is InChI=1S/C8H12N8O4S/c1-15-8(18)16-4-11-5(6(16)13-14-15)7(17)10-2-3-12-21(9,19)20/h4,12H,2-3H2,1H3,(H,10,17)(H2,9,19,20). The number of nitrogens with one attached hydrogen (secondary N) is 2.